The maximum absolute atomic E-state index is 13.9. The topological polar surface area (TPSA) is 120 Å². The molecule has 278 valence electrons. The second-order valence-corrected chi connectivity index (χ2v) is 16.7. The third-order valence-electron chi connectivity index (χ3n) is 10.2. The lowest BCUT2D eigenvalue weighted by Crippen LogP contribution is -2.38. The van der Waals surface area contributed by atoms with Crippen molar-refractivity contribution in [1.82, 2.24) is 10.6 Å². The van der Waals surface area contributed by atoms with Gasteiger partial charge in [0.2, 0.25) is 0 Å². The van der Waals surface area contributed by atoms with Crippen molar-refractivity contribution < 1.29 is 29.6 Å². The molecule has 0 spiro atoms. The van der Waals surface area contributed by atoms with E-state index in [1.807, 2.05) is 42.1 Å². The number of ketones is 1. The standard InChI is InChI=1S/C42H52N2O6S2/c1-43-25-27-20-30(22-34(47)21-27)42(44-31-8-4-3-5-9-31)50-35-10-6-7-19-51-52-26-38-36(17-13-28-11-15-33(46)24-37(28)38)40-29(12-16-32(45)23-35)14-18-39(48)41(40)49-2/h11,13-15,17-18,20-22,24,31,35,42-44,46-48H,3-10,12,16,19,23,25-26H2,1-2H3/t35-,42+/m1/s1. The third kappa shape index (κ3) is 9.76. The van der Waals surface area contributed by atoms with Crippen LogP contribution in [0.25, 0.3) is 21.9 Å². The SMILES string of the molecule is CNCc1cc(O)cc([C@@H](NC2CCCCC2)O[C@@H]2CCCCSSCc3c(ccc4ccc(O)cc34)-c3c(ccc(O)c3OC)CCC(=O)C2)c1. The van der Waals surface area contributed by atoms with Gasteiger partial charge in [-0.3, -0.25) is 10.1 Å². The van der Waals surface area contributed by atoms with Crippen LogP contribution in [0.2, 0.25) is 0 Å². The van der Waals surface area contributed by atoms with Crippen molar-refractivity contribution in [3.8, 4) is 34.1 Å². The van der Waals surface area contributed by atoms with Gasteiger partial charge in [-0.15, -0.1) is 0 Å². The lowest BCUT2D eigenvalue weighted by atomic mass is 9.89. The van der Waals surface area contributed by atoms with Gasteiger partial charge in [0, 0.05) is 42.5 Å². The van der Waals surface area contributed by atoms with E-state index in [4.69, 9.17) is 9.47 Å². The molecule has 5 N–H and O–H groups in total. The summed E-state index contributed by atoms with van der Waals surface area (Å²) in [5, 5.41) is 41.0. The fourth-order valence-corrected chi connectivity index (χ4v) is 9.93. The largest absolute Gasteiger partial charge is 0.508 e. The van der Waals surface area contributed by atoms with Crippen molar-refractivity contribution in [3.63, 3.8) is 0 Å². The minimum Gasteiger partial charge on any atom is -0.508 e. The van der Waals surface area contributed by atoms with Gasteiger partial charge >= 0.3 is 0 Å². The summed E-state index contributed by atoms with van der Waals surface area (Å²) in [5.41, 5.74) is 5.53. The minimum atomic E-state index is -0.446. The average molecular weight is 745 g/mol. The first-order chi connectivity index (χ1) is 25.3. The number of fused-ring (bicyclic) bond motifs is 5. The normalized spacial score (nSPS) is 18.8. The van der Waals surface area contributed by atoms with Crippen molar-refractivity contribution in [3.05, 3.63) is 82.9 Å². The molecule has 8 nitrogen and oxygen atoms in total. The number of aryl methyl sites for hydroxylation is 1. The fourth-order valence-electron chi connectivity index (χ4n) is 7.67. The number of methoxy groups -OCH3 is 1. The van der Waals surface area contributed by atoms with E-state index in [-0.39, 0.29) is 35.6 Å². The summed E-state index contributed by atoms with van der Waals surface area (Å²) in [4.78, 5) is 13.9. The number of benzene rings is 4. The number of rotatable bonds is 8. The van der Waals surface area contributed by atoms with Crippen molar-refractivity contribution in [2.75, 3.05) is 19.9 Å². The Labute approximate surface area is 315 Å². The van der Waals surface area contributed by atoms with E-state index < -0.39 is 6.23 Å². The Balaban J connectivity index is 1.30. The molecular weight excluding hydrogens is 693 g/mol. The molecule has 0 bridgehead atoms. The monoisotopic (exact) mass is 744 g/mol. The molecule has 2 atom stereocenters. The van der Waals surface area contributed by atoms with E-state index in [0.29, 0.717) is 36.9 Å². The predicted molar refractivity (Wildman–Crippen MR) is 213 cm³/mol. The van der Waals surface area contributed by atoms with Gasteiger partial charge in [-0.25, -0.2) is 0 Å². The molecule has 0 radical (unpaired) electrons. The summed E-state index contributed by atoms with van der Waals surface area (Å²) in [5.74, 6) is 2.59. The van der Waals surface area contributed by atoms with Gasteiger partial charge in [-0.2, -0.15) is 0 Å². The van der Waals surface area contributed by atoms with Crippen LogP contribution in [0.15, 0.2) is 60.7 Å². The van der Waals surface area contributed by atoms with Gasteiger partial charge in [-0.1, -0.05) is 77.6 Å². The molecule has 0 aromatic heterocycles. The molecule has 1 saturated carbocycles. The first kappa shape index (κ1) is 38.3. The summed E-state index contributed by atoms with van der Waals surface area (Å²) >= 11 is 0. The molecule has 6 rings (SSSR count). The molecule has 0 unspecified atom stereocenters. The summed E-state index contributed by atoms with van der Waals surface area (Å²) < 4.78 is 12.7. The molecule has 0 saturated heterocycles. The highest BCUT2D eigenvalue weighted by Crippen LogP contribution is 2.46. The zero-order chi connectivity index (χ0) is 36.5. The quantitative estimate of drug-likeness (QED) is 0.0882. The van der Waals surface area contributed by atoms with E-state index >= 15 is 0 Å². The van der Waals surface area contributed by atoms with Crippen molar-refractivity contribution in [2.24, 2.45) is 0 Å². The van der Waals surface area contributed by atoms with Crippen molar-refractivity contribution in [2.45, 2.75) is 101 Å². The van der Waals surface area contributed by atoms with Crippen LogP contribution in [0, 0.1) is 0 Å². The molecule has 1 fully saturated rings. The van der Waals surface area contributed by atoms with Gasteiger partial charge in [0.1, 0.15) is 23.5 Å². The maximum atomic E-state index is 13.9. The zero-order valence-electron chi connectivity index (χ0n) is 30.3. The van der Waals surface area contributed by atoms with Crippen LogP contribution < -0.4 is 15.4 Å². The van der Waals surface area contributed by atoms with Crippen LogP contribution in [-0.2, 0) is 28.2 Å². The molecule has 1 heterocycles. The summed E-state index contributed by atoms with van der Waals surface area (Å²) in [6.45, 7) is 0.627. The van der Waals surface area contributed by atoms with Crippen LogP contribution in [0.4, 0.5) is 0 Å². The van der Waals surface area contributed by atoms with E-state index in [1.54, 1.807) is 42.2 Å². The molecule has 10 heteroatoms. The third-order valence-corrected chi connectivity index (χ3v) is 12.6. The number of phenols is 3. The van der Waals surface area contributed by atoms with Crippen LogP contribution in [0.5, 0.6) is 23.0 Å². The lowest BCUT2D eigenvalue weighted by molar-refractivity contribution is -0.124. The number of aromatic hydroxyl groups is 3. The minimum absolute atomic E-state index is 0.0424. The second-order valence-electron chi connectivity index (χ2n) is 14.1. The summed E-state index contributed by atoms with van der Waals surface area (Å²) in [6.07, 6.45) is 8.78. The Bertz CT molecular complexity index is 1830. The van der Waals surface area contributed by atoms with E-state index in [2.05, 4.69) is 22.8 Å². The van der Waals surface area contributed by atoms with Crippen LogP contribution in [0.1, 0.15) is 92.7 Å². The first-order valence-electron chi connectivity index (χ1n) is 18.6. The van der Waals surface area contributed by atoms with Crippen LogP contribution in [-0.4, -0.2) is 53.2 Å². The van der Waals surface area contributed by atoms with Crippen molar-refractivity contribution in [1.29, 1.82) is 0 Å². The van der Waals surface area contributed by atoms with Gasteiger partial charge in [-0.05, 0) is 108 Å². The molecule has 1 aliphatic heterocycles. The highest BCUT2D eigenvalue weighted by atomic mass is 33.1. The number of phenolic OH excluding ortho intramolecular Hbond substituents is 3. The highest BCUT2D eigenvalue weighted by Gasteiger charge is 2.26. The molecule has 2 aliphatic rings. The molecule has 52 heavy (non-hydrogen) atoms. The van der Waals surface area contributed by atoms with Crippen LogP contribution >= 0.6 is 21.6 Å². The Hall–Kier alpha value is -3.41. The lowest BCUT2D eigenvalue weighted by Gasteiger charge is -2.32. The van der Waals surface area contributed by atoms with Crippen LogP contribution in [0.3, 0.4) is 0 Å². The molecular formula is C42H52N2O6S2. The Morgan fingerprint density at radius 2 is 1.67 bits per heavy atom. The molecule has 4 aromatic carbocycles. The fraction of sp³-hybridized carbons (Fsp3) is 0.452. The average Bonchev–Trinajstić information content (AvgIpc) is 3.13. The molecule has 0 amide bonds. The van der Waals surface area contributed by atoms with Crippen molar-refractivity contribution >= 4 is 38.1 Å². The number of carbonyl (C=O) groups is 1. The van der Waals surface area contributed by atoms with E-state index in [0.717, 1.165) is 82.0 Å². The maximum Gasteiger partial charge on any atom is 0.168 e. The van der Waals surface area contributed by atoms with Gasteiger partial charge in [0.15, 0.2) is 11.5 Å². The first-order valence-corrected chi connectivity index (χ1v) is 21.1. The zero-order valence-corrected chi connectivity index (χ0v) is 31.9. The number of nitrogens with one attached hydrogen (secondary N) is 2. The molecule has 4 aromatic rings. The Morgan fingerprint density at radius 1 is 0.865 bits per heavy atom. The van der Waals surface area contributed by atoms with Gasteiger partial charge in [0.05, 0.1) is 13.2 Å². The summed E-state index contributed by atoms with van der Waals surface area (Å²) in [7, 11) is 7.06. The number of hydrogen-bond donors (Lipinski definition) is 5. The number of carbonyl (C=O) groups excluding carboxylic acids is 1. The Kier molecular flexibility index (Phi) is 13.7. The highest BCUT2D eigenvalue weighted by molar-refractivity contribution is 8.76. The molecule has 1 aliphatic carbocycles. The van der Waals surface area contributed by atoms with Gasteiger partial charge < -0.3 is 30.1 Å². The number of hydrogen-bond acceptors (Lipinski definition) is 10. The summed E-state index contributed by atoms with van der Waals surface area (Å²) in [6, 6.07) is 19.0. The Morgan fingerprint density at radius 3 is 2.48 bits per heavy atom. The van der Waals surface area contributed by atoms with E-state index in [9.17, 15) is 20.1 Å². The number of ether oxygens (including phenoxy) is 2. The van der Waals surface area contributed by atoms with E-state index in [1.165, 1.54) is 19.3 Å². The smallest absolute Gasteiger partial charge is 0.168 e. The predicted octanol–water partition coefficient (Wildman–Crippen LogP) is 9.31. The van der Waals surface area contributed by atoms with Gasteiger partial charge in [0.25, 0.3) is 0 Å². The second kappa shape index (κ2) is 18.6. The number of Topliss-reactive ketones (excluding diaryl/α,β-unsaturated/α-hetero) is 1.